The van der Waals surface area contributed by atoms with Crippen molar-refractivity contribution in [1.29, 1.82) is 0 Å². The summed E-state index contributed by atoms with van der Waals surface area (Å²) in [5.74, 6) is -0.516. The molecule has 0 spiro atoms. The normalized spacial score (nSPS) is 40.1. The number of alkyl halides is 3. The molecular formula is C21H32F3NO3. The van der Waals surface area contributed by atoms with Crippen LogP contribution in [0.1, 0.15) is 59.8 Å². The van der Waals surface area contributed by atoms with Crippen molar-refractivity contribution >= 4 is 0 Å². The van der Waals surface area contributed by atoms with Crippen LogP contribution in [0.4, 0.5) is 13.2 Å². The van der Waals surface area contributed by atoms with Gasteiger partial charge in [-0.25, -0.2) is 0 Å². The van der Waals surface area contributed by atoms with Crippen LogP contribution < -0.4 is 5.32 Å². The minimum Gasteiger partial charge on any atom is -0.504 e. The van der Waals surface area contributed by atoms with Gasteiger partial charge in [-0.15, -0.1) is 6.42 Å². The number of fused-ring (bicyclic) bond motifs is 1. The molecule has 1 aliphatic carbocycles. The Labute approximate surface area is 165 Å². The number of hydrogen-bond donors (Lipinski definition) is 3. The minimum absolute atomic E-state index is 0.0891. The standard InChI is InChI=1S/C21H32F3NO3/c1-6-12-25-13-15(16(26)21(22,23)24)18(3)9-7-8-17(2)10-11-20(5,27)28-14-19(17,18)4/h1,25-27H,7-14H2,2-5H3/b16-15-/t17-,18+,19+,20+/m1/s1. The fraction of sp³-hybridized carbons (Fsp3) is 0.810. The van der Waals surface area contributed by atoms with Gasteiger partial charge in [0.15, 0.2) is 11.5 Å². The van der Waals surface area contributed by atoms with Crippen molar-refractivity contribution in [3.8, 4) is 12.3 Å². The van der Waals surface area contributed by atoms with Crippen molar-refractivity contribution in [1.82, 2.24) is 5.32 Å². The van der Waals surface area contributed by atoms with Crippen LogP contribution in [0.15, 0.2) is 11.3 Å². The van der Waals surface area contributed by atoms with Gasteiger partial charge < -0.3 is 20.3 Å². The first-order valence-electron chi connectivity index (χ1n) is 9.73. The van der Waals surface area contributed by atoms with Gasteiger partial charge in [-0.3, -0.25) is 0 Å². The molecule has 0 aromatic carbocycles. The minimum atomic E-state index is -4.85. The Morgan fingerprint density at radius 2 is 1.79 bits per heavy atom. The molecule has 160 valence electrons. The maximum absolute atomic E-state index is 13.5. The zero-order valence-corrected chi connectivity index (χ0v) is 17.2. The molecule has 7 heteroatoms. The van der Waals surface area contributed by atoms with E-state index in [-0.39, 0.29) is 30.7 Å². The maximum atomic E-state index is 13.5. The first-order valence-corrected chi connectivity index (χ1v) is 9.73. The summed E-state index contributed by atoms with van der Waals surface area (Å²) >= 11 is 0. The SMILES string of the molecule is C#CCNC/C(=C(/O)C(F)(F)F)[C@]1(C)CCC[C@]2(C)CC[C@@](C)(O)OC[C@@]21C. The number of hydrogen-bond acceptors (Lipinski definition) is 4. The van der Waals surface area contributed by atoms with Gasteiger partial charge in [0.2, 0.25) is 0 Å². The topological polar surface area (TPSA) is 61.7 Å². The summed E-state index contributed by atoms with van der Waals surface area (Å²) in [4.78, 5) is 0. The van der Waals surface area contributed by atoms with Crippen LogP contribution >= 0.6 is 0 Å². The molecule has 1 saturated carbocycles. The van der Waals surface area contributed by atoms with Crippen LogP contribution in [0.3, 0.4) is 0 Å². The van der Waals surface area contributed by atoms with Crippen molar-refractivity contribution in [2.75, 3.05) is 19.7 Å². The second-order valence-corrected chi connectivity index (χ2v) is 9.17. The van der Waals surface area contributed by atoms with Gasteiger partial charge in [0, 0.05) is 23.8 Å². The quantitative estimate of drug-likeness (QED) is 0.372. The van der Waals surface area contributed by atoms with Gasteiger partial charge in [0.25, 0.3) is 0 Å². The van der Waals surface area contributed by atoms with Crippen LogP contribution in [0, 0.1) is 28.6 Å². The predicted molar refractivity (Wildman–Crippen MR) is 101 cm³/mol. The molecule has 0 aromatic rings. The molecule has 4 nitrogen and oxygen atoms in total. The van der Waals surface area contributed by atoms with Crippen LogP contribution in [0.5, 0.6) is 0 Å². The molecule has 2 fully saturated rings. The van der Waals surface area contributed by atoms with E-state index in [0.29, 0.717) is 19.3 Å². The van der Waals surface area contributed by atoms with E-state index in [4.69, 9.17) is 11.2 Å². The monoisotopic (exact) mass is 403 g/mol. The summed E-state index contributed by atoms with van der Waals surface area (Å²) in [5.41, 5.74) is -2.13. The molecule has 0 aromatic heterocycles. The van der Waals surface area contributed by atoms with Crippen LogP contribution in [-0.2, 0) is 4.74 Å². The second kappa shape index (κ2) is 7.55. The lowest BCUT2D eigenvalue weighted by Crippen LogP contribution is -2.56. The van der Waals surface area contributed by atoms with E-state index < -0.39 is 28.6 Å². The van der Waals surface area contributed by atoms with Crippen molar-refractivity contribution < 1.29 is 28.1 Å². The number of ether oxygens (including phenoxy) is 1. The fourth-order valence-corrected chi connectivity index (χ4v) is 5.12. The van der Waals surface area contributed by atoms with Crippen molar-refractivity contribution in [3.63, 3.8) is 0 Å². The zero-order chi connectivity index (χ0) is 21.4. The van der Waals surface area contributed by atoms with Crippen molar-refractivity contribution in [2.24, 2.45) is 16.2 Å². The van der Waals surface area contributed by atoms with Crippen molar-refractivity contribution in [2.45, 2.75) is 71.8 Å². The van der Waals surface area contributed by atoms with E-state index in [1.807, 2.05) is 6.92 Å². The Hall–Kier alpha value is -1.23. The van der Waals surface area contributed by atoms with E-state index in [1.54, 1.807) is 13.8 Å². The van der Waals surface area contributed by atoms with Crippen LogP contribution in [0.2, 0.25) is 0 Å². The molecule has 1 saturated heterocycles. The molecule has 1 heterocycles. The third-order valence-electron chi connectivity index (χ3n) is 7.52. The lowest BCUT2D eigenvalue weighted by atomic mass is 9.44. The number of halogens is 3. The summed E-state index contributed by atoms with van der Waals surface area (Å²) in [6.07, 6.45) is 3.47. The molecule has 0 amide bonds. The largest absolute Gasteiger partial charge is 0.504 e. The Kier molecular flexibility index (Phi) is 6.21. The summed E-state index contributed by atoms with van der Waals surface area (Å²) in [5, 5.41) is 23.5. The highest BCUT2D eigenvalue weighted by Gasteiger charge is 2.62. The number of nitrogens with one attached hydrogen (secondary N) is 1. The number of aliphatic hydroxyl groups is 2. The number of rotatable bonds is 4. The molecule has 1 aliphatic heterocycles. The Morgan fingerprint density at radius 3 is 2.36 bits per heavy atom. The first-order chi connectivity index (χ1) is 12.7. The number of terminal acetylenes is 1. The molecule has 0 unspecified atom stereocenters. The highest BCUT2D eigenvalue weighted by Crippen LogP contribution is 2.66. The first kappa shape index (κ1) is 23.1. The molecule has 0 radical (unpaired) electrons. The third-order valence-corrected chi connectivity index (χ3v) is 7.52. The number of aliphatic hydroxyl groups excluding tert-OH is 1. The van der Waals surface area contributed by atoms with Gasteiger partial charge in [0.05, 0.1) is 13.2 Å². The van der Waals surface area contributed by atoms with Gasteiger partial charge >= 0.3 is 6.18 Å². The average Bonchev–Trinajstić information content (AvgIpc) is 2.68. The van der Waals surface area contributed by atoms with Gasteiger partial charge in [0.1, 0.15) is 0 Å². The average molecular weight is 403 g/mol. The second-order valence-electron chi connectivity index (χ2n) is 9.17. The Bertz CT molecular complexity index is 667. The molecule has 28 heavy (non-hydrogen) atoms. The van der Waals surface area contributed by atoms with E-state index in [1.165, 1.54) is 0 Å². The van der Waals surface area contributed by atoms with E-state index >= 15 is 0 Å². The maximum Gasteiger partial charge on any atom is 0.448 e. The van der Waals surface area contributed by atoms with Gasteiger partial charge in [-0.2, -0.15) is 13.2 Å². The highest BCUT2D eigenvalue weighted by atomic mass is 19.4. The summed E-state index contributed by atoms with van der Waals surface area (Å²) in [6.45, 7) is 7.41. The zero-order valence-electron chi connectivity index (χ0n) is 17.2. The molecule has 3 N–H and O–H groups in total. The smallest absolute Gasteiger partial charge is 0.448 e. The summed E-state index contributed by atoms with van der Waals surface area (Å²) in [6, 6.07) is 0. The summed E-state index contributed by atoms with van der Waals surface area (Å²) in [7, 11) is 0. The van der Waals surface area contributed by atoms with Gasteiger partial charge in [-0.05, 0) is 37.2 Å². The lowest BCUT2D eigenvalue weighted by molar-refractivity contribution is -0.215. The molecule has 2 aliphatic rings. The highest BCUT2D eigenvalue weighted by molar-refractivity contribution is 5.29. The Balaban J connectivity index is 2.61. The van der Waals surface area contributed by atoms with E-state index in [9.17, 15) is 23.4 Å². The van der Waals surface area contributed by atoms with Crippen LogP contribution in [-0.4, -0.2) is 41.9 Å². The molecule has 2 rings (SSSR count). The van der Waals surface area contributed by atoms with Gasteiger partial charge in [-0.1, -0.05) is 33.1 Å². The Morgan fingerprint density at radius 1 is 1.14 bits per heavy atom. The molecule has 0 bridgehead atoms. The third kappa shape index (κ3) is 3.92. The summed E-state index contributed by atoms with van der Waals surface area (Å²) < 4.78 is 46.4. The van der Waals surface area contributed by atoms with E-state index in [2.05, 4.69) is 18.2 Å². The molecular weight excluding hydrogens is 371 g/mol. The van der Waals surface area contributed by atoms with Crippen LogP contribution in [0.25, 0.3) is 0 Å². The van der Waals surface area contributed by atoms with Crippen molar-refractivity contribution in [3.05, 3.63) is 11.3 Å². The lowest BCUT2D eigenvalue weighted by Gasteiger charge is -2.60. The fourth-order valence-electron chi connectivity index (χ4n) is 5.12. The number of allylic oxidation sites excluding steroid dienone is 1. The predicted octanol–water partition coefficient (Wildman–Crippen LogP) is 4.31. The van der Waals surface area contributed by atoms with E-state index in [0.717, 1.165) is 12.8 Å². The molecule has 4 atom stereocenters.